The molecule has 1 N–H and O–H groups in total. The van der Waals surface area contributed by atoms with Gasteiger partial charge in [0.2, 0.25) is 5.91 Å². The van der Waals surface area contributed by atoms with Crippen LogP contribution in [-0.2, 0) is 18.4 Å². The Morgan fingerprint density at radius 2 is 2.09 bits per heavy atom. The Morgan fingerprint density at radius 3 is 2.87 bits per heavy atom. The Labute approximate surface area is 139 Å². The number of fused-ring (bicyclic) bond motifs is 1. The monoisotopic (exact) mass is 326 g/mol. The van der Waals surface area contributed by atoms with Gasteiger partial charge >= 0.3 is 0 Å². The Bertz CT molecular complexity index is 826. The number of carbonyl (C=O) groups excluding carboxylic acids is 1. The van der Waals surface area contributed by atoms with Crippen LogP contribution in [0.2, 0.25) is 0 Å². The van der Waals surface area contributed by atoms with Gasteiger partial charge in [0.25, 0.3) is 0 Å². The second kappa shape index (κ2) is 6.83. The van der Waals surface area contributed by atoms with Gasteiger partial charge in [0.1, 0.15) is 0 Å². The Balaban J connectivity index is 1.57. The van der Waals surface area contributed by atoms with Gasteiger partial charge in [0, 0.05) is 35.2 Å². The molecule has 1 aromatic carbocycles. The minimum atomic E-state index is -0.00897. The number of rotatable bonds is 5. The summed E-state index contributed by atoms with van der Waals surface area (Å²) in [4.78, 5) is 21.5. The molecule has 0 saturated carbocycles. The van der Waals surface area contributed by atoms with Gasteiger partial charge < -0.3 is 9.88 Å². The lowest BCUT2D eigenvalue weighted by Crippen LogP contribution is -2.25. The SMILES string of the molecule is Cc1cnc(CNC(=O)CSc2cn(C)c3ccccc23)cn1. The molecule has 3 rings (SSSR count). The van der Waals surface area contributed by atoms with Crippen LogP contribution in [0.5, 0.6) is 0 Å². The number of hydrogen-bond donors (Lipinski definition) is 1. The number of aryl methyl sites for hydroxylation is 2. The van der Waals surface area contributed by atoms with E-state index in [9.17, 15) is 4.79 Å². The van der Waals surface area contributed by atoms with Gasteiger partial charge in [0.15, 0.2) is 0 Å². The van der Waals surface area contributed by atoms with E-state index in [1.54, 1.807) is 24.2 Å². The van der Waals surface area contributed by atoms with Crippen LogP contribution in [0.15, 0.2) is 47.8 Å². The standard InChI is InChI=1S/C17H18N4OS/c1-12-7-19-13(8-18-12)9-20-17(22)11-23-16-10-21(2)15-6-4-3-5-14(15)16/h3-8,10H,9,11H2,1-2H3,(H,20,22). The molecule has 0 fully saturated rings. The van der Waals surface area contributed by atoms with Crippen LogP contribution in [0.3, 0.4) is 0 Å². The van der Waals surface area contributed by atoms with Crippen molar-refractivity contribution in [2.75, 3.05) is 5.75 Å². The minimum Gasteiger partial charge on any atom is -0.350 e. The highest BCUT2D eigenvalue weighted by Crippen LogP contribution is 2.29. The first-order chi connectivity index (χ1) is 11.1. The first-order valence-electron chi connectivity index (χ1n) is 7.34. The summed E-state index contributed by atoms with van der Waals surface area (Å²) >= 11 is 1.55. The van der Waals surface area contributed by atoms with Crippen LogP contribution in [0.1, 0.15) is 11.4 Å². The van der Waals surface area contributed by atoms with Gasteiger partial charge in [-0.05, 0) is 13.0 Å². The number of amides is 1. The number of nitrogens with one attached hydrogen (secondary N) is 1. The molecular weight excluding hydrogens is 308 g/mol. The van der Waals surface area contributed by atoms with E-state index < -0.39 is 0 Å². The third-order valence-electron chi connectivity index (χ3n) is 3.52. The maximum absolute atomic E-state index is 12.0. The fourth-order valence-electron chi connectivity index (χ4n) is 2.31. The number of nitrogens with zero attached hydrogens (tertiary/aromatic N) is 3. The third kappa shape index (κ3) is 3.71. The van der Waals surface area contributed by atoms with Crippen molar-refractivity contribution in [3.05, 3.63) is 54.2 Å². The van der Waals surface area contributed by atoms with E-state index in [0.717, 1.165) is 16.3 Å². The number of para-hydroxylation sites is 1. The van der Waals surface area contributed by atoms with E-state index in [-0.39, 0.29) is 5.91 Å². The summed E-state index contributed by atoms with van der Waals surface area (Å²) < 4.78 is 2.08. The van der Waals surface area contributed by atoms with E-state index in [2.05, 4.69) is 38.2 Å². The fourth-order valence-corrected chi connectivity index (χ4v) is 3.26. The molecule has 0 bridgehead atoms. The smallest absolute Gasteiger partial charge is 0.230 e. The van der Waals surface area contributed by atoms with Crippen molar-refractivity contribution in [2.24, 2.45) is 7.05 Å². The molecule has 0 unspecified atom stereocenters. The lowest BCUT2D eigenvalue weighted by Gasteiger charge is -2.04. The van der Waals surface area contributed by atoms with Gasteiger partial charge in [-0.15, -0.1) is 11.8 Å². The third-order valence-corrected chi connectivity index (χ3v) is 4.56. The lowest BCUT2D eigenvalue weighted by molar-refractivity contribution is -0.118. The summed E-state index contributed by atoms with van der Waals surface area (Å²) in [5, 5.41) is 4.05. The minimum absolute atomic E-state index is 0.00897. The molecule has 5 nitrogen and oxygen atoms in total. The second-order valence-corrected chi connectivity index (χ2v) is 6.35. The molecule has 2 aromatic heterocycles. The topological polar surface area (TPSA) is 59.8 Å². The predicted molar refractivity (Wildman–Crippen MR) is 92.3 cm³/mol. The number of thioether (sulfide) groups is 1. The molecule has 1 amide bonds. The summed E-state index contributed by atoms with van der Waals surface area (Å²) in [6, 6.07) is 8.20. The van der Waals surface area contributed by atoms with E-state index in [1.807, 2.05) is 26.1 Å². The highest BCUT2D eigenvalue weighted by atomic mass is 32.2. The number of carbonyl (C=O) groups is 1. The van der Waals surface area contributed by atoms with Gasteiger partial charge in [-0.25, -0.2) is 0 Å². The highest BCUT2D eigenvalue weighted by Gasteiger charge is 2.09. The highest BCUT2D eigenvalue weighted by molar-refractivity contribution is 8.00. The Kier molecular flexibility index (Phi) is 4.62. The average molecular weight is 326 g/mol. The van der Waals surface area contributed by atoms with E-state index in [0.29, 0.717) is 12.3 Å². The number of aromatic nitrogens is 3. The first-order valence-corrected chi connectivity index (χ1v) is 8.33. The van der Waals surface area contributed by atoms with Crippen molar-refractivity contribution >= 4 is 28.6 Å². The summed E-state index contributed by atoms with van der Waals surface area (Å²) in [6.07, 6.45) is 5.45. The normalized spacial score (nSPS) is 10.9. The van der Waals surface area contributed by atoms with Crippen LogP contribution in [0.25, 0.3) is 10.9 Å². The first kappa shape index (κ1) is 15.6. The Hall–Kier alpha value is -2.34. The van der Waals surface area contributed by atoms with Crippen molar-refractivity contribution in [2.45, 2.75) is 18.4 Å². The summed E-state index contributed by atoms with van der Waals surface area (Å²) in [6.45, 7) is 2.29. The van der Waals surface area contributed by atoms with Crippen LogP contribution in [0, 0.1) is 6.92 Å². The summed E-state index contributed by atoms with van der Waals surface area (Å²) in [5.74, 6) is 0.373. The molecular formula is C17H18N4OS. The molecule has 0 spiro atoms. The van der Waals surface area contributed by atoms with E-state index in [1.165, 1.54) is 10.9 Å². The van der Waals surface area contributed by atoms with Crippen molar-refractivity contribution in [3.63, 3.8) is 0 Å². The molecule has 3 aromatic rings. The molecule has 0 aliphatic heterocycles. The van der Waals surface area contributed by atoms with E-state index in [4.69, 9.17) is 0 Å². The quantitative estimate of drug-likeness (QED) is 0.732. The lowest BCUT2D eigenvalue weighted by atomic mass is 10.2. The molecule has 0 atom stereocenters. The number of benzene rings is 1. The van der Waals surface area contributed by atoms with Crippen LogP contribution >= 0.6 is 11.8 Å². The average Bonchev–Trinajstić information content (AvgIpc) is 2.89. The molecule has 0 aliphatic rings. The largest absolute Gasteiger partial charge is 0.350 e. The van der Waals surface area contributed by atoms with Crippen molar-refractivity contribution in [3.8, 4) is 0 Å². The van der Waals surface area contributed by atoms with Crippen LogP contribution < -0.4 is 5.32 Å². The van der Waals surface area contributed by atoms with Crippen molar-refractivity contribution < 1.29 is 4.79 Å². The predicted octanol–water partition coefficient (Wildman–Crippen LogP) is 2.69. The molecule has 0 aliphatic carbocycles. The van der Waals surface area contributed by atoms with Gasteiger partial charge in [-0.3, -0.25) is 14.8 Å². The summed E-state index contributed by atoms with van der Waals surface area (Å²) in [5.41, 5.74) is 2.80. The fraction of sp³-hybridized carbons (Fsp3) is 0.235. The zero-order valence-corrected chi connectivity index (χ0v) is 13.9. The molecule has 2 heterocycles. The van der Waals surface area contributed by atoms with Crippen LogP contribution in [-0.4, -0.2) is 26.2 Å². The second-order valence-electron chi connectivity index (χ2n) is 5.34. The maximum Gasteiger partial charge on any atom is 0.230 e. The zero-order valence-electron chi connectivity index (χ0n) is 13.1. The zero-order chi connectivity index (χ0) is 16.2. The van der Waals surface area contributed by atoms with E-state index >= 15 is 0 Å². The molecule has 118 valence electrons. The van der Waals surface area contributed by atoms with Gasteiger partial charge in [0.05, 0.1) is 29.9 Å². The van der Waals surface area contributed by atoms with Crippen molar-refractivity contribution in [1.29, 1.82) is 0 Å². The summed E-state index contributed by atoms with van der Waals surface area (Å²) in [7, 11) is 2.02. The number of hydrogen-bond acceptors (Lipinski definition) is 4. The molecule has 23 heavy (non-hydrogen) atoms. The maximum atomic E-state index is 12.0. The van der Waals surface area contributed by atoms with Gasteiger partial charge in [-0.2, -0.15) is 0 Å². The molecule has 0 radical (unpaired) electrons. The van der Waals surface area contributed by atoms with Crippen LogP contribution in [0.4, 0.5) is 0 Å². The molecule has 0 saturated heterocycles. The Morgan fingerprint density at radius 1 is 1.26 bits per heavy atom. The molecule has 6 heteroatoms. The van der Waals surface area contributed by atoms with Gasteiger partial charge in [-0.1, -0.05) is 18.2 Å². The van der Waals surface area contributed by atoms with Crippen molar-refractivity contribution in [1.82, 2.24) is 19.9 Å².